The zero-order valence-electron chi connectivity index (χ0n) is 19.8. The molecule has 0 radical (unpaired) electrons. The van der Waals surface area contributed by atoms with Crippen LogP contribution in [0.4, 0.5) is 8.78 Å². The molecule has 7 heteroatoms. The molecule has 0 aliphatic carbocycles. The highest BCUT2D eigenvalue weighted by Crippen LogP contribution is 2.39. The number of sulfonamides is 1. The van der Waals surface area contributed by atoms with Crippen molar-refractivity contribution >= 4 is 20.9 Å². The third kappa shape index (κ3) is 4.28. The highest BCUT2D eigenvalue weighted by Gasteiger charge is 2.33. The molecule has 0 bridgehead atoms. The van der Waals surface area contributed by atoms with Crippen LogP contribution in [0.25, 0.3) is 10.9 Å². The standard InChI is InChI=1S/C28H28F2N2O2S/c1-19-7-3-4-8-22(19)18-32-20(2)28(24-9-5-6-10-26(24)32)21-13-15-31(16-14-21)35(33,34)27-12-11-23(29)17-25(27)30/h3-12,17,21H,13-16,18H2,1-2H3. The number of nitrogens with zero attached hydrogens (tertiary/aromatic N) is 2. The number of benzene rings is 3. The fourth-order valence-corrected chi connectivity index (χ4v) is 6.86. The normalized spacial score (nSPS) is 15.7. The van der Waals surface area contributed by atoms with Gasteiger partial charge in [-0.1, -0.05) is 42.5 Å². The maximum absolute atomic E-state index is 14.2. The van der Waals surface area contributed by atoms with Gasteiger partial charge in [0, 0.05) is 42.3 Å². The number of para-hydroxylation sites is 1. The van der Waals surface area contributed by atoms with Gasteiger partial charge in [-0.3, -0.25) is 0 Å². The van der Waals surface area contributed by atoms with Crippen LogP contribution < -0.4 is 0 Å². The van der Waals surface area contributed by atoms with Crippen LogP contribution in [0, 0.1) is 25.5 Å². The van der Waals surface area contributed by atoms with Gasteiger partial charge in [0.05, 0.1) is 0 Å². The highest BCUT2D eigenvalue weighted by molar-refractivity contribution is 7.89. The zero-order chi connectivity index (χ0) is 24.7. The molecular weight excluding hydrogens is 466 g/mol. The lowest BCUT2D eigenvalue weighted by molar-refractivity contribution is 0.318. The van der Waals surface area contributed by atoms with Crippen LogP contribution in [0.5, 0.6) is 0 Å². The zero-order valence-corrected chi connectivity index (χ0v) is 20.7. The van der Waals surface area contributed by atoms with Crippen molar-refractivity contribution in [3.8, 4) is 0 Å². The number of halogens is 2. The molecule has 0 atom stereocenters. The molecule has 0 spiro atoms. The maximum Gasteiger partial charge on any atom is 0.245 e. The summed E-state index contributed by atoms with van der Waals surface area (Å²) in [5.74, 6) is -1.65. The summed E-state index contributed by atoms with van der Waals surface area (Å²) in [6.07, 6.45) is 1.28. The van der Waals surface area contributed by atoms with Gasteiger partial charge in [-0.05, 0) is 67.5 Å². The van der Waals surface area contributed by atoms with Gasteiger partial charge in [0.25, 0.3) is 0 Å². The second-order valence-electron chi connectivity index (χ2n) is 9.28. The molecule has 1 fully saturated rings. The second kappa shape index (κ2) is 9.21. The summed E-state index contributed by atoms with van der Waals surface area (Å²) < 4.78 is 57.3. The number of hydrogen-bond donors (Lipinski definition) is 0. The molecule has 1 aliphatic heterocycles. The quantitative estimate of drug-likeness (QED) is 0.334. The van der Waals surface area contributed by atoms with Gasteiger partial charge in [-0.2, -0.15) is 4.31 Å². The number of fused-ring (bicyclic) bond motifs is 1. The third-order valence-corrected chi connectivity index (χ3v) is 9.18. The minimum absolute atomic E-state index is 0.197. The molecule has 0 amide bonds. The number of rotatable bonds is 5. The second-order valence-corrected chi connectivity index (χ2v) is 11.2. The first-order valence-electron chi connectivity index (χ1n) is 11.8. The van der Waals surface area contributed by atoms with Crippen molar-refractivity contribution in [1.82, 2.24) is 8.87 Å². The maximum atomic E-state index is 14.2. The van der Waals surface area contributed by atoms with Crippen LogP contribution in [-0.4, -0.2) is 30.4 Å². The van der Waals surface area contributed by atoms with E-state index in [1.54, 1.807) is 0 Å². The Morgan fingerprint density at radius 2 is 1.60 bits per heavy atom. The van der Waals surface area contributed by atoms with Crippen molar-refractivity contribution in [2.45, 2.75) is 44.0 Å². The Kier molecular flexibility index (Phi) is 6.23. The van der Waals surface area contributed by atoms with Gasteiger partial charge in [0.2, 0.25) is 10.0 Å². The van der Waals surface area contributed by atoms with E-state index in [-0.39, 0.29) is 5.92 Å². The fraction of sp³-hybridized carbons (Fsp3) is 0.286. The van der Waals surface area contributed by atoms with Crippen LogP contribution in [-0.2, 0) is 16.6 Å². The molecule has 3 aromatic carbocycles. The van der Waals surface area contributed by atoms with Crippen LogP contribution in [0.1, 0.15) is 41.1 Å². The molecule has 0 unspecified atom stereocenters. The van der Waals surface area contributed by atoms with Crippen molar-refractivity contribution in [3.05, 3.63) is 101 Å². The summed E-state index contributed by atoms with van der Waals surface area (Å²) in [5.41, 5.74) is 6.15. The van der Waals surface area contributed by atoms with E-state index in [1.165, 1.54) is 37.6 Å². The van der Waals surface area contributed by atoms with Crippen molar-refractivity contribution in [2.24, 2.45) is 0 Å². The molecule has 5 rings (SSSR count). The SMILES string of the molecule is Cc1ccccc1Cn1c(C)c(C2CCN(S(=O)(=O)c3ccc(F)cc3F)CC2)c2ccccc21. The molecule has 1 aromatic heterocycles. The average Bonchev–Trinajstić information content (AvgIpc) is 3.11. The molecule has 182 valence electrons. The first-order chi connectivity index (χ1) is 16.8. The van der Waals surface area contributed by atoms with Crippen LogP contribution in [0.3, 0.4) is 0 Å². The Bertz CT molecular complexity index is 1500. The Hall–Kier alpha value is -3.03. The van der Waals surface area contributed by atoms with E-state index in [2.05, 4.69) is 48.7 Å². The Balaban J connectivity index is 1.44. The van der Waals surface area contributed by atoms with Gasteiger partial charge in [-0.25, -0.2) is 17.2 Å². The van der Waals surface area contributed by atoms with E-state index >= 15 is 0 Å². The first-order valence-corrected chi connectivity index (χ1v) is 13.3. The number of aromatic nitrogens is 1. The van der Waals surface area contributed by atoms with E-state index in [0.717, 1.165) is 18.7 Å². The lowest BCUT2D eigenvalue weighted by Crippen LogP contribution is -2.38. The molecular formula is C28H28F2N2O2S. The summed E-state index contributed by atoms with van der Waals surface area (Å²) in [6, 6.07) is 19.4. The van der Waals surface area contributed by atoms with Crippen LogP contribution >= 0.6 is 0 Å². The number of hydrogen-bond acceptors (Lipinski definition) is 2. The Morgan fingerprint density at radius 3 is 2.31 bits per heavy atom. The lowest BCUT2D eigenvalue weighted by atomic mass is 9.88. The van der Waals surface area contributed by atoms with E-state index in [4.69, 9.17) is 0 Å². The predicted molar refractivity (Wildman–Crippen MR) is 134 cm³/mol. The molecule has 0 saturated carbocycles. The monoisotopic (exact) mass is 494 g/mol. The van der Waals surface area contributed by atoms with E-state index < -0.39 is 26.6 Å². The lowest BCUT2D eigenvalue weighted by Gasteiger charge is -2.31. The third-order valence-electron chi connectivity index (χ3n) is 7.24. The first kappa shape index (κ1) is 23.7. The van der Waals surface area contributed by atoms with Gasteiger partial charge in [-0.15, -0.1) is 0 Å². The van der Waals surface area contributed by atoms with Crippen molar-refractivity contribution in [3.63, 3.8) is 0 Å². The number of aryl methyl sites for hydroxylation is 1. The molecule has 4 nitrogen and oxygen atoms in total. The smallest absolute Gasteiger partial charge is 0.245 e. The molecule has 35 heavy (non-hydrogen) atoms. The summed E-state index contributed by atoms with van der Waals surface area (Å²) in [6.45, 7) is 5.62. The summed E-state index contributed by atoms with van der Waals surface area (Å²) in [7, 11) is -4.02. The summed E-state index contributed by atoms with van der Waals surface area (Å²) in [5, 5.41) is 1.20. The molecule has 1 aliphatic rings. The van der Waals surface area contributed by atoms with Gasteiger partial charge < -0.3 is 4.57 Å². The molecule has 2 heterocycles. The molecule has 1 saturated heterocycles. The van der Waals surface area contributed by atoms with E-state index in [9.17, 15) is 17.2 Å². The minimum Gasteiger partial charge on any atom is -0.340 e. The molecule has 0 N–H and O–H groups in total. The van der Waals surface area contributed by atoms with Gasteiger partial charge in [0.15, 0.2) is 0 Å². The summed E-state index contributed by atoms with van der Waals surface area (Å²) in [4.78, 5) is -0.469. The Labute approximate surface area is 204 Å². The highest BCUT2D eigenvalue weighted by atomic mass is 32.2. The number of piperidine rings is 1. The van der Waals surface area contributed by atoms with Crippen LogP contribution in [0.2, 0.25) is 0 Å². The van der Waals surface area contributed by atoms with Crippen molar-refractivity contribution in [2.75, 3.05) is 13.1 Å². The predicted octanol–water partition coefficient (Wildman–Crippen LogP) is 6.15. The van der Waals surface area contributed by atoms with Crippen molar-refractivity contribution in [1.29, 1.82) is 0 Å². The van der Waals surface area contributed by atoms with Crippen molar-refractivity contribution < 1.29 is 17.2 Å². The largest absolute Gasteiger partial charge is 0.340 e. The van der Waals surface area contributed by atoms with E-state index in [1.807, 2.05) is 18.2 Å². The van der Waals surface area contributed by atoms with Gasteiger partial charge in [0.1, 0.15) is 16.5 Å². The fourth-order valence-electron chi connectivity index (χ4n) is 5.34. The topological polar surface area (TPSA) is 42.3 Å². The van der Waals surface area contributed by atoms with Crippen LogP contribution in [0.15, 0.2) is 71.6 Å². The average molecular weight is 495 g/mol. The van der Waals surface area contributed by atoms with E-state index in [0.29, 0.717) is 32.0 Å². The minimum atomic E-state index is -4.02. The Morgan fingerprint density at radius 1 is 0.914 bits per heavy atom. The molecule has 4 aromatic rings. The summed E-state index contributed by atoms with van der Waals surface area (Å²) >= 11 is 0. The van der Waals surface area contributed by atoms with Gasteiger partial charge >= 0.3 is 0 Å².